The maximum Gasteiger partial charge on any atom is 0.200 e. The molecule has 2 heterocycles. The zero-order chi connectivity index (χ0) is 9.97. The summed E-state index contributed by atoms with van der Waals surface area (Å²) < 4.78 is 5.30. The van der Waals surface area contributed by atoms with E-state index in [4.69, 9.17) is 4.74 Å². The largest absolute Gasteiger partial charge is 0.378 e. The van der Waals surface area contributed by atoms with Gasteiger partial charge in [0.2, 0.25) is 0 Å². The lowest BCUT2D eigenvalue weighted by Gasteiger charge is -2.28. The van der Waals surface area contributed by atoms with Crippen LogP contribution in [0.1, 0.15) is 11.3 Å². The van der Waals surface area contributed by atoms with Gasteiger partial charge < -0.3 is 9.64 Å². The molecule has 0 aromatic carbocycles. The summed E-state index contributed by atoms with van der Waals surface area (Å²) in [5.74, 6) is 1.00. The summed E-state index contributed by atoms with van der Waals surface area (Å²) in [4.78, 5) is 10.5. The Balaban J connectivity index is 2.26. The fourth-order valence-electron chi connectivity index (χ4n) is 1.56. The lowest BCUT2D eigenvalue weighted by atomic mass is 10.2. The molecule has 1 aliphatic rings. The van der Waals surface area contributed by atoms with Gasteiger partial charge in [-0.2, -0.15) is 0 Å². The lowest BCUT2D eigenvalue weighted by Crippen LogP contribution is -2.37. The lowest BCUT2D eigenvalue weighted by molar-refractivity contribution is 0.122. The van der Waals surface area contributed by atoms with Gasteiger partial charge in [-0.1, -0.05) is 0 Å². The minimum absolute atomic E-state index is 0.780. The summed E-state index contributed by atoms with van der Waals surface area (Å²) in [6.45, 7) is 7.41. The van der Waals surface area contributed by atoms with Gasteiger partial charge in [0, 0.05) is 24.3 Å². The fraction of sp³-hybridized carbons (Fsp3) is 0.600. The third kappa shape index (κ3) is 1.70. The number of aromatic nitrogens is 2. The monoisotopic (exact) mass is 192 g/mol. The molecule has 0 unspecified atom stereocenters. The maximum absolute atomic E-state index is 5.30. The van der Waals surface area contributed by atoms with Crippen LogP contribution in [0.2, 0.25) is 0 Å². The Bertz CT molecular complexity index is 321. The van der Waals surface area contributed by atoms with Gasteiger partial charge in [0.05, 0.1) is 13.2 Å². The summed E-state index contributed by atoms with van der Waals surface area (Å²) >= 11 is 0. The van der Waals surface area contributed by atoms with E-state index in [1.54, 1.807) is 0 Å². The van der Waals surface area contributed by atoms with E-state index < -0.39 is 0 Å². The van der Waals surface area contributed by atoms with Crippen LogP contribution < -0.4 is 4.90 Å². The van der Waals surface area contributed by atoms with Crippen LogP contribution in [0.5, 0.6) is 0 Å². The highest BCUT2D eigenvalue weighted by Crippen LogP contribution is 2.18. The number of rotatable bonds is 1. The predicted octanol–water partition coefficient (Wildman–Crippen LogP) is 0.730. The first-order valence-electron chi connectivity index (χ1n) is 4.83. The summed E-state index contributed by atoms with van der Waals surface area (Å²) in [7, 11) is 0. The smallest absolute Gasteiger partial charge is 0.200 e. The Hall–Kier alpha value is -1.16. The maximum atomic E-state index is 5.30. The third-order valence-corrected chi connectivity index (χ3v) is 2.56. The van der Waals surface area contributed by atoms with E-state index in [1.165, 1.54) is 0 Å². The van der Waals surface area contributed by atoms with E-state index in [0.29, 0.717) is 0 Å². The average Bonchev–Trinajstić information content (AvgIpc) is 2.23. The second-order valence-corrected chi connectivity index (χ2v) is 3.46. The van der Waals surface area contributed by atoms with E-state index >= 15 is 0 Å². The van der Waals surface area contributed by atoms with Crippen LogP contribution in [0.25, 0.3) is 0 Å². The number of nitrogens with zero attached hydrogens (tertiary/aromatic N) is 3. The molecule has 1 aromatic heterocycles. The number of aryl methyl sites for hydroxylation is 1. The molecule has 1 aromatic rings. The van der Waals surface area contributed by atoms with Crippen molar-refractivity contribution in [2.45, 2.75) is 13.8 Å². The van der Waals surface area contributed by atoms with Crippen molar-refractivity contribution in [2.24, 2.45) is 0 Å². The number of anilines is 1. The highest BCUT2D eigenvalue weighted by molar-refractivity contribution is 5.47. The first-order valence-corrected chi connectivity index (χ1v) is 4.83. The van der Waals surface area contributed by atoms with Crippen molar-refractivity contribution in [1.82, 2.24) is 9.97 Å². The van der Waals surface area contributed by atoms with Crippen LogP contribution in [0.15, 0.2) is 0 Å². The molecule has 4 nitrogen and oxygen atoms in total. The fourth-order valence-corrected chi connectivity index (χ4v) is 1.56. The Morgan fingerprint density at radius 2 is 1.93 bits per heavy atom. The summed E-state index contributed by atoms with van der Waals surface area (Å²) in [6.07, 6.45) is 2.68. The summed E-state index contributed by atoms with van der Waals surface area (Å²) in [5, 5.41) is 0. The second kappa shape index (κ2) is 3.92. The van der Waals surface area contributed by atoms with Crippen molar-refractivity contribution in [1.29, 1.82) is 0 Å². The molecule has 75 valence electrons. The number of hydrogen-bond acceptors (Lipinski definition) is 4. The minimum Gasteiger partial charge on any atom is -0.378 e. The highest BCUT2D eigenvalue weighted by atomic mass is 16.5. The summed E-state index contributed by atoms with van der Waals surface area (Å²) in [5.41, 5.74) is 2.15. The van der Waals surface area contributed by atoms with E-state index in [2.05, 4.69) is 21.2 Å². The van der Waals surface area contributed by atoms with Gasteiger partial charge >= 0.3 is 0 Å². The van der Waals surface area contributed by atoms with Gasteiger partial charge in [-0.15, -0.1) is 0 Å². The second-order valence-electron chi connectivity index (χ2n) is 3.46. The van der Waals surface area contributed by atoms with Gasteiger partial charge in [0.25, 0.3) is 0 Å². The van der Waals surface area contributed by atoms with Crippen molar-refractivity contribution in [3.05, 3.63) is 17.6 Å². The van der Waals surface area contributed by atoms with Crippen LogP contribution in [0, 0.1) is 20.2 Å². The molecule has 0 aliphatic carbocycles. The van der Waals surface area contributed by atoms with Crippen LogP contribution >= 0.6 is 0 Å². The molecule has 1 saturated heterocycles. The predicted molar refractivity (Wildman–Crippen MR) is 53.4 cm³/mol. The Morgan fingerprint density at radius 3 is 2.64 bits per heavy atom. The molecule has 14 heavy (non-hydrogen) atoms. The third-order valence-electron chi connectivity index (χ3n) is 2.56. The molecule has 0 spiro atoms. The number of ether oxygens (including phenoxy) is 1. The Labute approximate surface area is 83.9 Å². The Morgan fingerprint density at radius 1 is 1.21 bits per heavy atom. The SMILES string of the molecule is Cc1n[c]nc(N2CCOCC2)c1C. The van der Waals surface area contributed by atoms with Crippen molar-refractivity contribution in [2.75, 3.05) is 31.2 Å². The molecule has 0 atom stereocenters. The van der Waals surface area contributed by atoms with Crippen molar-refractivity contribution in [3.8, 4) is 0 Å². The highest BCUT2D eigenvalue weighted by Gasteiger charge is 2.15. The Kier molecular flexibility index (Phi) is 2.63. The molecule has 2 rings (SSSR count). The average molecular weight is 192 g/mol. The number of hydrogen-bond donors (Lipinski definition) is 0. The van der Waals surface area contributed by atoms with Crippen LogP contribution in [-0.2, 0) is 4.74 Å². The standard InChI is InChI=1S/C10H14N3O/c1-8-9(2)11-7-12-10(8)13-3-5-14-6-4-13/h3-6H2,1-2H3. The zero-order valence-corrected chi connectivity index (χ0v) is 8.58. The molecule has 1 radical (unpaired) electrons. The van der Waals surface area contributed by atoms with E-state index in [-0.39, 0.29) is 0 Å². The van der Waals surface area contributed by atoms with Gasteiger partial charge in [0.1, 0.15) is 5.82 Å². The molecule has 1 fully saturated rings. The van der Waals surface area contributed by atoms with Crippen molar-refractivity contribution in [3.63, 3.8) is 0 Å². The molecule has 0 bridgehead atoms. The number of morpholine rings is 1. The van der Waals surface area contributed by atoms with Crippen LogP contribution in [-0.4, -0.2) is 36.3 Å². The molecule has 4 heteroatoms. The normalized spacial score (nSPS) is 17.1. The molecule has 0 saturated carbocycles. The molecular weight excluding hydrogens is 178 g/mol. The molecule has 0 N–H and O–H groups in total. The van der Waals surface area contributed by atoms with Gasteiger partial charge in [-0.05, 0) is 13.8 Å². The van der Waals surface area contributed by atoms with Gasteiger partial charge in [-0.3, -0.25) is 0 Å². The minimum atomic E-state index is 0.780. The van der Waals surface area contributed by atoms with Crippen LogP contribution in [0.3, 0.4) is 0 Å². The first-order chi connectivity index (χ1) is 6.79. The molecule has 0 amide bonds. The quantitative estimate of drug-likeness (QED) is 0.657. The molecule has 1 aliphatic heterocycles. The van der Waals surface area contributed by atoms with Gasteiger partial charge in [-0.25, -0.2) is 9.97 Å². The van der Waals surface area contributed by atoms with E-state index in [0.717, 1.165) is 43.4 Å². The summed E-state index contributed by atoms with van der Waals surface area (Å²) in [6, 6.07) is 0. The van der Waals surface area contributed by atoms with Gasteiger partial charge in [0.15, 0.2) is 6.33 Å². The van der Waals surface area contributed by atoms with E-state index in [9.17, 15) is 0 Å². The molecular formula is C10H14N3O. The van der Waals surface area contributed by atoms with Crippen molar-refractivity contribution < 1.29 is 4.74 Å². The van der Waals surface area contributed by atoms with E-state index in [1.807, 2.05) is 13.8 Å². The van der Waals surface area contributed by atoms with Crippen LogP contribution in [0.4, 0.5) is 5.82 Å². The zero-order valence-electron chi connectivity index (χ0n) is 8.58. The first kappa shape index (κ1) is 9.40. The topological polar surface area (TPSA) is 38.2 Å². The van der Waals surface area contributed by atoms with Crippen molar-refractivity contribution >= 4 is 5.82 Å².